The van der Waals surface area contributed by atoms with E-state index in [1.165, 1.54) is 12.3 Å². The van der Waals surface area contributed by atoms with Crippen molar-refractivity contribution in [1.82, 2.24) is 10.4 Å². The van der Waals surface area contributed by atoms with Gasteiger partial charge in [0.15, 0.2) is 5.78 Å². The maximum atomic E-state index is 12.4. The number of rotatable bonds is 4. The maximum absolute atomic E-state index is 12.4. The number of aliphatic carboxylic acids is 1. The summed E-state index contributed by atoms with van der Waals surface area (Å²) in [6.07, 6.45) is 5.01. The minimum Gasteiger partial charge on any atom is -0.478 e. The number of benzene rings is 1. The van der Waals surface area contributed by atoms with E-state index in [2.05, 4.69) is 5.43 Å². The summed E-state index contributed by atoms with van der Waals surface area (Å²) in [5, 5.41) is 10.6. The van der Waals surface area contributed by atoms with E-state index < -0.39 is 5.97 Å². The summed E-state index contributed by atoms with van der Waals surface area (Å²) in [7, 11) is 0. The molecule has 0 bridgehead atoms. The van der Waals surface area contributed by atoms with E-state index in [0.717, 1.165) is 11.3 Å². The van der Waals surface area contributed by atoms with Gasteiger partial charge in [0, 0.05) is 24.7 Å². The van der Waals surface area contributed by atoms with E-state index in [-0.39, 0.29) is 11.4 Å². The quantitative estimate of drug-likeness (QED) is 0.874. The Hall–Kier alpha value is -2.66. The number of allylic oxidation sites excluding steroid dienone is 1. The van der Waals surface area contributed by atoms with Gasteiger partial charge < -0.3 is 5.11 Å². The second-order valence-electron chi connectivity index (χ2n) is 4.88. The van der Waals surface area contributed by atoms with Gasteiger partial charge in [-0.25, -0.2) is 10.2 Å². The van der Waals surface area contributed by atoms with Gasteiger partial charge in [-0.1, -0.05) is 30.3 Å². The zero-order chi connectivity index (χ0) is 14.8. The lowest BCUT2D eigenvalue weighted by Gasteiger charge is -2.19. The van der Waals surface area contributed by atoms with Gasteiger partial charge >= 0.3 is 5.97 Å². The second kappa shape index (κ2) is 5.38. The number of nitrogens with zero attached hydrogens (tertiary/aromatic N) is 1. The molecule has 0 saturated heterocycles. The molecule has 1 aromatic carbocycles. The van der Waals surface area contributed by atoms with Crippen molar-refractivity contribution in [3.05, 3.63) is 71.1 Å². The average Bonchev–Trinajstić information content (AvgIpc) is 2.91. The molecule has 1 aromatic rings. The summed E-state index contributed by atoms with van der Waals surface area (Å²) in [6, 6.07) is 9.56. The van der Waals surface area contributed by atoms with Gasteiger partial charge in [0.1, 0.15) is 0 Å². The molecule has 0 radical (unpaired) electrons. The molecule has 3 rings (SSSR count). The minimum atomic E-state index is -0.990. The van der Waals surface area contributed by atoms with Gasteiger partial charge in [0.2, 0.25) is 0 Å². The second-order valence-corrected chi connectivity index (χ2v) is 4.88. The number of carboxylic acids is 1. The highest BCUT2D eigenvalue weighted by atomic mass is 16.4. The molecule has 0 aromatic heterocycles. The summed E-state index contributed by atoms with van der Waals surface area (Å²) in [4.78, 5) is 23.3. The Morgan fingerprint density at radius 3 is 2.67 bits per heavy atom. The lowest BCUT2D eigenvalue weighted by Crippen LogP contribution is -2.28. The van der Waals surface area contributed by atoms with E-state index in [9.17, 15) is 9.59 Å². The molecule has 2 aliphatic rings. The number of hydrazine groups is 1. The van der Waals surface area contributed by atoms with Crippen LogP contribution in [0.2, 0.25) is 0 Å². The molecular formula is C16H14N2O3. The first-order chi connectivity index (χ1) is 10.1. The van der Waals surface area contributed by atoms with E-state index >= 15 is 0 Å². The lowest BCUT2D eigenvalue weighted by atomic mass is 10.0. The topological polar surface area (TPSA) is 69.6 Å². The molecular weight excluding hydrogens is 268 g/mol. The first-order valence-corrected chi connectivity index (χ1v) is 6.61. The number of hydrogen-bond acceptors (Lipinski definition) is 4. The smallest absolute Gasteiger partial charge is 0.337 e. The highest BCUT2D eigenvalue weighted by Crippen LogP contribution is 2.24. The Balaban J connectivity index is 1.81. The fourth-order valence-electron chi connectivity index (χ4n) is 2.39. The van der Waals surface area contributed by atoms with E-state index in [4.69, 9.17) is 5.11 Å². The SMILES string of the molecule is O=C(O)C1=CN2NCC(C(=O)Cc3ccccc3)=C2C=C1. The van der Waals surface area contributed by atoms with Crippen LogP contribution in [0.25, 0.3) is 0 Å². The largest absolute Gasteiger partial charge is 0.478 e. The molecule has 21 heavy (non-hydrogen) atoms. The molecule has 2 N–H and O–H groups in total. The van der Waals surface area contributed by atoms with Gasteiger partial charge in [-0.15, -0.1) is 0 Å². The molecule has 2 aliphatic heterocycles. The van der Waals surface area contributed by atoms with E-state index in [1.54, 1.807) is 11.1 Å². The molecule has 5 nitrogen and oxygen atoms in total. The van der Waals surface area contributed by atoms with Gasteiger partial charge in [-0.05, 0) is 17.7 Å². The number of ketones is 1. The van der Waals surface area contributed by atoms with Crippen LogP contribution in [0.4, 0.5) is 0 Å². The van der Waals surface area contributed by atoms with Crippen molar-refractivity contribution in [2.45, 2.75) is 6.42 Å². The van der Waals surface area contributed by atoms with Crippen LogP contribution in [0, 0.1) is 0 Å². The van der Waals surface area contributed by atoms with Crippen molar-refractivity contribution < 1.29 is 14.7 Å². The first-order valence-electron chi connectivity index (χ1n) is 6.61. The third kappa shape index (κ3) is 2.64. The highest BCUT2D eigenvalue weighted by molar-refractivity contribution is 5.99. The molecule has 0 fully saturated rings. The highest BCUT2D eigenvalue weighted by Gasteiger charge is 2.27. The summed E-state index contributed by atoms with van der Waals surface area (Å²) in [5.41, 5.74) is 5.56. The summed E-state index contributed by atoms with van der Waals surface area (Å²) in [5.74, 6) is -0.945. The van der Waals surface area contributed by atoms with Crippen LogP contribution in [-0.4, -0.2) is 28.4 Å². The van der Waals surface area contributed by atoms with Gasteiger partial charge in [-0.2, -0.15) is 0 Å². The lowest BCUT2D eigenvalue weighted by molar-refractivity contribution is -0.132. The Kier molecular flexibility index (Phi) is 3.41. The fraction of sp³-hybridized carbons (Fsp3) is 0.125. The fourth-order valence-corrected chi connectivity index (χ4v) is 2.39. The van der Waals surface area contributed by atoms with Crippen LogP contribution in [-0.2, 0) is 16.0 Å². The minimum absolute atomic E-state index is 0.0445. The molecule has 106 valence electrons. The molecule has 0 unspecified atom stereocenters. The predicted octanol–water partition coefficient (Wildman–Crippen LogP) is 1.41. The van der Waals surface area contributed by atoms with Crippen LogP contribution in [0.1, 0.15) is 5.56 Å². The number of fused-ring (bicyclic) bond motifs is 1. The van der Waals surface area contributed by atoms with Crippen molar-refractivity contribution in [2.24, 2.45) is 0 Å². The molecule has 0 spiro atoms. The van der Waals surface area contributed by atoms with Crippen LogP contribution < -0.4 is 5.43 Å². The third-order valence-corrected chi connectivity index (χ3v) is 3.47. The van der Waals surface area contributed by atoms with Crippen molar-refractivity contribution in [1.29, 1.82) is 0 Å². The average molecular weight is 282 g/mol. The molecule has 0 atom stereocenters. The van der Waals surface area contributed by atoms with Gasteiger partial charge in [-0.3, -0.25) is 9.80 Å². The van der Waals surface area contributed by atoms with Crippen molar-refractivity contribution >= 4 is 11.8 Å². The normalized spacial score (nSPS) is 16.8. The predicted molar refractivity (Wildman–Crippen MR) is 76.9 cm³/mol. The number of hydrogen-bond donors (Lipinski definition) is 2. The number of carbonyl (C=O) groups is 2. The monoisotopic (exact) mass is 282 g/mol. The number of carboxylic acid groups (broad SMARTS) is 1. The van der Waals surface area contributed by atoms with Crippen molar-refractivity contribution in [3.63, 3.8) is 0 Å². The summed E-state index contributed by atoms with van der Waals surface area (Å²) >= 11 is 0. The van der Waals surface area contributed by atoms with E-state index in [0.29, 0.717) is 18.5 Å². The van der Waals surface area contributed by atoms with Crippen LogP contribution >= 0.6 is 0 Å². The number of nitrogens with one attached hydrogen (secondary N) is 1. The summed E-state index contributed by atoms with van der Waals surface area (Å²) in [6.45, 7) is 0.411. The molecule has 0 aliphatic carbocycles. The molecule has 5 heteroatoms. The Morgan fingerprint density at radius 1 is 1.19 bits per heavy atom. The molecule has 0 saturated carbocycles. The number of carbonyl (C=O) groups excluding carboxylic acids is 1. The first kappa shape index (κ1) is 13.3. The number of Topliss-reactive ketones (excluding diaryl/α,β-unsaturated/α-hetero) is 1. The van der Waals surface area contributed by atoms with Crippen LogP contribution in [0.3, 0.4) is 0 Å². The Bertz CT molecular complexity index is 687. The zero-order valence-electron chi connectivity index (χ0n) is 11.2. The van der Waals surface area contributed by atoms with E-state index in [1.807, 2.05) is 30.3 Å². The van der Waals surface area contributed by atoms with Crippen LogP contribution in [0.5, 0.6) is 0 Å². The zero-order valence-corrected chi connectivity index (χ0v) is 11.2. The molecule has 0 amide bonds. The maximum Gasteiger partial charge on any atom is 0.337 e. The van der Waals surface area contributed by atoms with Gasteiger partial charge in [0.25, 0.3) is 0 Å². The van der Waals surface area contributed by atoms with Crippen molar-refractivity contribution in [3.8, 4) is 0 Å². The molecule has 2 heterocycles. The standard InChI is InChI=1S/C16H14N2O3/c19-15(8-11-4-2-1-3-5-11)13-9-17-18-10-12(16(20)21)6-7-14(13)18/h1-7,10,17H,8-9H2,(H,20,21). The summed E-state index contributed by atoms with van der Waals surface area (Å²) < 4.78 is 0. The van der Waals surface area contributed by atoms with Crippen LogP contribution in [0.15, 0.2) is 65.5 Å². The van der Waals surface area contributed by atoms with Gasteiger partial charge in [0.05, 0.1) is 11.3 Å². The van der Waals surface area contributed by atoms with Crippen molar-refractivity contribution in [2.75, 3.05) is 6.54 Å². The Morgan fingerprint density at radius 2 is 1.95 bits per heavy atom. The third-order valence-electron chi connectivity index (χ3n) is 3.47. The Labute approximate surface area is 121 Å².